The Morgan fingerprint density at radius 2 is 1.77 bits per heavy atom. The van der Waals surface area contributed by atoms with Crippen LogP contribution in [0.3, 0.4) is 0 Å². The van der Waals surface area contributed by atoms with Crippen LogP contribution in [-0.4, -0.2) is 37.1 Å². The van der Waals surface area contributed by atoms with Crippen LogP contribution in [0.15, 0.2) is 24.3 Å². The van der Waals surface area contributed by atoms with Crippen molar-refractivity contribution in [2.24, 2.45) is 11.8 Å². The Labute approximate surface area is 152 Å². The Hall–Kier alpha value is -1.56. The third-order valence-electron chi connectivity index (χ3n) is 5.73. The van der Waals surface area contributed by atoms with Gasteiger partial charge in [-0.25, -0.2) is 0 Å². The summed E-state index contributed by atoms with van der Waals surface area (Å²) in [6.45, 7) is 1.20. The predicted molar refractivity (Wildman–Crippen MR) is 92.6 cm³/mol. The normalized spacial score (nSPS) is 25.1. The minimum atomic E-state index is -4.34. The molecular formula is C20H26F3NO2. The first-order chi connectivity index (χ1) is 12.4. The molecule has 26 heavy (non-hydrogen) atoms. The molecule has 1 aliphatic carbocycles. The maximum atomic E-state index is 13.0. The van der Waals surface area contributed by atoms with Crippen LogP contribution in [0.5, 0.6) is 0 Å². The van der Waals surface area contributed by atoms with E-state index in [0.717, 1.165) is 43.4 Å². The molecule has 144 valence electrons. The van der Waals surface area contributed by atoms with E-state index in [1.807, 2.05) is 4.90 Å². The van der Waals surface area contributed by atoms with Crippen molar-refractivity contribution in [3.8, 4) is 0 Å². The second kappa shape index (κ2) is 7.99. The van der Waals surface area contributed by atoms with Crippen LogP contribution in [-0.2, 0) is 22.1 Å². The van der Waals surface area contributed by atoms with Gasteiger partial charge in [0.1, 0.15) is 0 Å². The Balaban J connectivity index is 1.72. The van der Waals surface area contributed by atoms with Crippen molar-refractivity contribution in [2.45, 2.75) is 50.7 Å². The van der Waals surface area contributed by atoms with Crippen LogP contribution >= 0.6 is 0 Å². The Morgan fingerprint density at radius 3 is 2.35 bits per heavy atom. The lowest BCUT2D eigenvalue weighted by molar-refractivity contribution is -0.137. The summed E-state index contributed by atoms with van der Waals surface area (Å²) in [5, 5.41) is 0. The fourth-order valence-electron chi connectivity index (χ4n) is 4.33. The van der Waals surface area contributed by atoms with E-state index in [9.17, 15) is 18.0 Å². The van der Waals surface area contributed by atoms with Gasteiger partial charge in [-0.2, -0.15) is 13.2 Å². The highest BCUT2D eigenvalue weighted by molar-refractivity contribution is 5.82. The molecule has 1 aromatic carbocycles. The summed E-state index contributed by atoms with van der Waals surface area (Å²) >= 11 is 0. The fraction of sp³-hybridized carbons (Fsp3) is 0.650. The number of alkyl halides is 3. The summed E-state index contributed by atoms with van der Waals surface area (Å²) in [6, 6.07) is 5.48. The minimum Gasteiger partial charge on any atom is -0.384 e. The van der Waals surface area contributed by atoms with Gasteiger partial charge in [-0.15, -0.1) is 0 Å². The number of rotatable bonds is 5. The number of halogens is 3. The lowest BCUT2D eigenvalue weighted by Crippen LogP contribution is -2.39. The van der Waals surface area contributed by atoms with Crippen molar-refractivity contribution >= 4 is 5.91 Å². The summed E-state index contributed by atoms with van der Waals surface area (Å²) < 4.78 is 43.5. The summed E-state index contributed by atoms with van der Waals surface area (Å²) in [4.78, 5) is 15.0. The van der Waals surface area contributed by atoms with Crippen molar-refractivity contribution in [1.29, 1.82) is 0 Å². The Bertz CT molecular complexity index is 608. The van der Waals surface area contributed by atoms with Crippen LogP contribution in [0, 0.1) is 11.8 Å². The summed E-state index contributed by atoms with van der Waals surface area (Å²) in [5.41, 5.74) is 0.110. The molecule has 1 saturated carbocycles. The number of likely N-dealkylation sites (tertiary alicyclic amines) is 1. The van der Waals surface area contributed by atoms with E-state index in [2.05, 4.69) is 0 Å². The van der Waals surface area contributed by atoms with Crippen molar-refractivity contribution in [3.63, 3.8) is 0 Å². The standard InChI is InChI=1S/C20H26F3NO2/c1-26-13-15-12-24(17-5-3-2-4-6-17)19(25)18(15)11-14-7-9-16(10-8-14)20(21,22)23/h7-10,15,17-18H,2-6,11-13H2,1H3. The van der Waals surface area contributed by atoms with E-state index < -0.39 is 11.7 Å². The van der Waals surface area contributed by atoms with Crippen molar-refractivity contribution in [2.75, 3.05) is 20.3 Å². The third kappa shape index (κ3) is 4.22. The first-order valence-electron chi connectivity index (χ1n) is 9.35. The number of carbonyl (C=O) groups is 1. The predicted octanol–water partition coefficient (Wildman–Crippen LogP) is 4.30. The highest BCUT2D eigenvalue weighted by Crippen LogP contribution is 2.35. The molecule has 0 bridgehead atoms. The molecule has 1 saturated heterocycles. The second-order valence-corrected chi connectivity index (χ2v) is 7.50. The molecule has 2 atom stereocenters. The Kier molecular flexibility index (Phi) is 5.90. The zero-order valence-corrected chi connectivity index (χ0v) is 15.1. The van der Waals surface area contributed by atoms with Gasteiger partial charge >= 0.3 is 6.18 Å². The number of hydrogen-bond donors (Lipinski definition) is 0. The van der Waals surface area contributed by atoms with E-state index in [1.54, 1.807) is 7.11 Å². The summed E-state index contributed by atoms with van der Waals surface area (Å²) in [6.07, 6.45) is 1.79. The first kappa shape index (κ1) is 19.2. The van der Waals surface area contributed by atoms with Crippen LogP contribution in [0.25, 0.3) is 0 Å². The zero-order valence-electron chi connectivity index (χ0n) is 15.1. The number of ether oxygens (including phenoxy) is 1. The molecule has 0 aromatic heterocycles. The molecule has 3 rings (SSSR count). The van der Waals surface area contributed by atoms with Gasteiger partial charge in [0, 0.05) is 31.5 Å². The smallest absolute Gasteiger partial charge is 0.384 e. The monoisotopic (exact) mass is 369 g/mol. The van der Waals surface area contributed by atoms with E-state index in [0.29, 0.717) is 25.6 Å². The third-order valence-corrected chi connectivity index (χ3v) is 5.73. The van der Waals surface area contributed by atoms with Crippen LogP contribution < -0.4 is 0 Å². The Morgan fingerprint density at radius 1 is 1.12 bits per heavy atom. The number of methoxy groups -OCH3 is 1. The van der Waals surface area contributed by atoms with Crippen molar-refractivity contribution in [3.05, 3.63) is 35.4 Å². The van der Waals surface area contributed by atoms with Gasteiger partial charge in [-0.3, -0.25) is 4.79 Å². The summed E-state index contributed by atoms with van der Waals surface area (Å²) in [7, 11) is 1.63. The highest BCUT2D eigenvalue weighted by atomic mass is 19.4. The van der Waals surface area contributed by atoms with Crippen molar-refractivity contribution in [1.82, 2.24) is 4.90 Å². The first-order valence-corrected chi connectivity index (χ1v) is 9.35. The molecule has 2 fully saturated rings. The number of carbonyl (C=O) groups excluding carboxylic acids is 1. The van der Waals surface area contributed by atoms with Gasteiger partial charge < -0.3 is 9.64 Å². The average Bonchev–Trinajstić information content (AvgIpc) is 2.92. The lowest BCUT2D eigenvalue weighted by atomic mass is 9.89. The van der Waals surface area contributed by atoms with Gasteiger partial charge in [0.2, 0.25) is 5.91 Å². The molecule has 3 nitrogen and oxygen atoms in total. The van der Waals surface area contributed by atoms with Crippen LogP contribution in [0.2, 0.25) is 0 Å². The molecule has 0 radical (unpaired) electrons. The molecule has 1 amide bonds. The van der Waals surface area contributed by atoms with Gasteiger partial charge in [0.05, 0.1) is 12.2 Å². The van der Waals surface area contributed by atoms with Gasteiger partial charge in [0.25, 0.3) is 0 Å². The zero-order chi connectivity index (χ0) is 18.7. The molecule has 1 heterocycles. The number of hydrogen-bond acceptors (Lipinski definition) is 2. The highest BCUT2D eigenvalue weighted by Gasteiger charge is 2.43. The minimum absolute atomic E-state index is 0.0942. The van der Waals surface area contributed by atoms with E-state index in [-0.39, 0.29) is 17.7 Å². The van der Waals surface area contributed by atoms with Crippen LogP contribution in [0.1, 0.15) is 43.2 Å². The van der Waals surface area contributed by atoms with E-state index in [4.69, 9.17) is 4.74 Å². The number of amides is 1. The average molecular weight is 369 g/mol. The SMILES string of the molecule is COCC1CN(C2CCCCC2)C(=O)C1Cc1ccc(C(F)(F)F)cc1. The van der Waals surface area contributed by atoms with Gasteiger partial charge in [-0.1, -0.05) is 31.4 Å². The molecule has 1 aromatic rings. The van der Waals surface area contributed by atoms with Gasteiger partial charge in [0.15, 0.2) is 0 Å². The largest absolute Gasteiger partial charge is 0.416 e. The second-order valence-electron chi connectivity index (χ2n) is 7.50. The quantitative estimate of drug-likeness (QED) is 0.774. The van der Waals surface area contributed by atoms with E-state index in [1.165, 1.54) is 18.6 Å². The molecule has 1 aliphatic heterocycles. The topological polar surface area (TPSA) is 29.5 Å². The molecule has 2 unspecified atom stereocenters. The van der Waals surface area contributed by atoms with Crippen molar-refractivity contribution < 1.29 is 22.7 Å². The van der Waals surface area contributed by atoms with Crippen LogP contribution in [0.4, 0.5) is 13.2 Å². The molecule has 0 spiro atoms. The fourth-order valence-corrected chi connectivity index (χ4v) is 4.33. The molecule has 0 N–H and O–H groups in total. The lowest BCUT2D eigenvalue weighted by Gasteiger charge is -2.31. The summed E-state index contributed by atoms with van der Waals surface area (Å²) in [5.74, 6) is 0.0178. The molecule has 2 aliphatic rings. The number of benzene rings is 1. The maximum absolute atomic E-state index is 13.0. The van der Waals surface area contributed by atoms with Gasteiger partial charge in [-0.05, 0) is 37.0 Å². The maximum Gasteiger partial charge on any atom is 0.416 e. The molecular weight excluding hydrogens is 343 g/mol. The number of nitrogens with zero attached hydrogens (tertiary/aromatic N) is 1. The molecule has 6 heteroatoms. The van der Waals surface area contributed by atoms with E-state index >= 15 is 0 Å².